The number of aromatic nitrogens is 2. The molecule has 1 rings (SSSR count). The van der Waals surface area contributed by atoms with Gasteiger partial charge in [-0.1, -0.05) is 0 Å². The molecule has 2 nitrogen and oxygen atoms in total. The van der Waals surface area contributed by atoms with Gasteiger partial charge in [-0.15, -0.1) is 0 Å². The van der Waals surface area contributed by atoms with E-state index >= 15 is 0 Å². The van der Waals surface area contributed by atoms with Crippen molar-refractivity contribution in [1.29, 1.82) is 0 Å². The minimum atomic E-state index is 0.773. The molecule has 0 atom stereocenters. The van der Waals surface area contributed by atoms with E-state index in [-0.39, 0.29) is 0 Å². The molecule has 0 radical (unpaired) electrons. The summed E-state index contributed by atoms with van der Waals surface area (Å²) in [5, 5.41) is 0. The van der Waals surface area contributed by atoms with Crippen LogP contribution in [0.5, 0.6) is 0 Å². The lowest BCUT2D eigenvalue weighted by molar-refractivity contribution is -0.673. The number of nitrogens with zero attached hydrogens (tertiary/aromatic N) is 2. The van der Waals surface area contributed by atoms with Gasteiger partial charge < -0.3 is 15.6 Å². The summed E-state index contributed by atoms with van der Waals surface area (Å²) < 4.78 is 3.68. The minimum Gasteiger partial charge on any atom is -0.359 e. The maximum Gasteiger partial charge on any atom is 0.181 e. The zero-order chi connectivity index (χ0) is 6.85. The largest absolute Gasteiger partial charge is 0.359 e. The molecule has 0 saturated heterocycles. The highest BCUT2D eigenvalue weighted by atomic mass is 15.1. The predicted molar refractivity (Wildman–Crippen MR) is 32.8 cm³/mol. The van der Waals surface area contributed by atoms with Crippen LogP contribution in [-0.4, -0.2) is 4.57 Å². The second-order valence-corrected chi connectivity index (χ2v) is 1.97. The van der Waals surface area contributed by atoms with Crippen LogP contribution in [0.2, 0.25) is 0 Å². The number of hydrogen-bond acceptors (Lipinski definition) is 0. The summed E-state index contributed by atoms with van der Waals surface area (Å²) in [6.45, 7) is 0. The molecule has 0 N–H and O–H groups in total. The highest BCUT2D eigenvalue weighted by Gasteiger charge is 1.95. The molecule has 0 bridgehead atoms. The van der Waals surface area contributed by atoms with Gasteiger partial charge in [0.25, 0.3) is 0 Å². The van der Waals surface area contributed by atoms with Crippen molar-refractivity contribution in [3.8, 4) is 5.92 Å². The fourth-order valence-electron chi connectivity index (χ4n) is 0.766. The van der Waals surface area contributed by atoms with Crippen LogP contribution in [0, 0.1) is 12.3 Å². The lowest BCUT2D eigenvalue weighted by atomic mass is 10.6. The van der Waals surface area contributed by atoms with Crippen LogP contribution in [0.15, 0.2) is 12.4 Å². The van der Waals surface area contributed by atoms with E-state index in [2.05, 4.69) is 5.92 Å². The Bertz CT molecular complexity index is 233. The standard InChI is InChI=1S/C7H8N2/c1-4-7-8(2)5-6-9(7)3/h5-6H,2-3H3. The molecule has 0 saturated carbocycles. The van der Waals surface area contributed by atoms with Gasteiger partial charge in [0.05, 0.1) is 14.1 Å². The summed E-state index contributed by atoms with van der Waals surface area (Å²) in [4.78, 5) is 0. The fourth-order valence-corrected chi connectivity index (χ4v) is 0.766. The van der Waals surface area contributed by atoms with Crippen molar-refractivity contribution < 1.29 is 4.57 Å². The molecule has 0 unspecified atom stereocenters. The van der Waals surface area contributed by atoms with Crippen LogP contribution in [0.3, 0.4) is 0 Å². The van der Waals surface area contributed by atoms with E-state index in [9.17, 15) is 0 Å². The second kappa shape index (κ2) is 1.94. The molecule has 0 spiro atoms. The van der Waals surface area contributed by atoms with Gasteiger partial charge in [0.15, 0.2) is 5.82 Å². The number of hydrogen-bond donors (Lipinski definition) is 0. The summed E-state index contributed by atoms with van der Waals surface area (Å²) in [5.74, 6) is 3.09. The topological polar surface area (TPSA) is 8.81 Å². The SMILES string of the molecule is [C-]#Cc1n(C)cc[n+]1C. The molecule has 0 aliphatic heterocycles. The number of aryl methyl sites for hydroxylation is 2. The van der Waals surface area contributed by atoms with E-state index in [0.717, 1.165) is 5.82 Å². The predicted octanol–water partition coefficient (Wildman–Crippen LogP) is -0.213. The van der Waals surface area contributed by atoms with E-state index < -0.39 is 0 Å². The van der Waals surface area contributed by atoms with Gasteiger partial charge in [-0.2, -0.15) is 0 Å². The Kier molecular flexibility index (Phi) is 1.27. The van der Waals surface area contributed by atoms with E-state index in [1.54, 1.807) is 0 Å². The molecule has 0 aromatic carbocycles. The average molecular weight is 120 g/mol. The molecular weight excluding hydrogens is 112 g/mol. The second-order valence-electron chi connectivity index (χ2n) is 1.97. The van der Waals surface area contributed by atoms with Crippen LogP contribution in [0.4, 0.5) is 0 Å². The van der Waals surface area contributed by atoms with E-state index in [0.29, 0.717) is 0 Å². The lowest BCUT2D eigenvalue weighted by Gasteiger charge is -1.94. The maximum absolute atomic E-state index is 6.85. The molecule has 9 heavy (non-hydrogen) atoms. The first-order valence-electron chi connectivity index (χ1n) is 2.69. The summed E-state index contributed by atoms with van der Waals surface area (Å²) in [5.41, 5.74) is 0. The molecule has 46 valence electrons. The molecule has 0 fully saturated rings. The molecule has 1 aromatic heterocycles. The van der Waals surface area contributed by atoms with Crippen molar-refractivity contribution in [2.75, 3.05) is 0 Å². The lowest BCUT2D eigenvalue weighted by Crippen LogP contribution is -2.29. The van der Waals surface area contributed by atoms with E-state index in [1.165, 1.54) is 0 Å². The van der Waals surface area contributed by atoms with E-state index in [4.69, 9.17) is 6.42 Å². The van der Waals surface area contributed by atoms with Crippen molar-refractivity contribution in [2.24, 2.45) is 14.1 Å². The van der Waals surface area contributed by atoms with Gasteiger partial charge in [0.2, 0.25) is 0 Å². The third-order valence-corrected chi connectivity index (χ3v) is 1.29. The van der Waals surface area contributed by atoms with Crippen LogP contribution < -0.4 is 4.57 Å². The van der Waals surface area contributed by atoms with Crippen LogP contribution in [-0.2, 0) is 14.1 Å². The zero-order valence-corrected chi connectivity index (χ0v) is 5.55. The van der Waals surface area contributed by atoms with Gasteiger partial charge in [0.1, 0.15) is 12.4 Å². The van der Waals surface area contributed by atoms with Gasteiger partial charge in [-0.05, 0) is 0 Å². The third kappa shape index (κ3) is 0.812. The minimum absolute atomic E-state index is 0.773. The summed E-state index contributed by atoms with van der Waals surface area (Å²) in [7, 11) is 3.77. The quantitative estimate of drug-likeness (QED) is 0.254. The Balaban J connectivity index is 3.27. The highest BCUT2D eigenvalue weighted by Crippen LogP contribution is 1.85. The Labute approximate surface area is 54.7 Å². The molecule has 0 aliphatic carbocycles. The Hall–Kier alpha value is -1.23. The maximum atomic E-state index is 6.85. The van der Waals surface area contributed by atoms with Gasteiger partial charge >= 0.3 is 0 Å². The van der Waals surface area contributed by atoms with Gasteiger partial charge in [0, 0.05) is 0 Å². The first kappa shape index (κ1) is 5.90. The average Bonchev–Trinajstić information content (AvgIpc) is 2.12. The Morgan fingerprint density at radius 1 is 1.78 bits per heavy atom. The highest BCUT2D eigenvalue weighted by molar-refractivity contribution is 5.06. The van der Waals surface area contributed by atoms with Crippen molar-refractivity contribution in [3.05, 3.63) is 24.6 Å². The molecule has 2 heteroatoms. The molecule has 1 aromatic rings. The first-order valence-corrected chi connectivity index (χ1v) is 2.69. The van der Waals surface area contributed by atoms with Crippen LogP contribution in [0.25, 0.3) is 0 Å². The zero-order valence-electron chi connectivity index (χ0n) is 5.55. The first-order chi connectivity index (χ1) is 4.25. The van der Waals surface area contributed by atoms with Crippen LogP contribution in [0.1, 0.15) is 5.82 Å². The van der Waals surface area contributed by atoms with Crippen molar-refractivity contribution in [1.82, 2.24) is 4.57 Å². The Morgan fingerprint density at radius 3 is 2.67 bits per heavy atom. The fraction of sp³-hybridized carbons (Fsp3) is 0.286. The number of rotatable bonds is 0. The normalized spacial score (nSPS) is 9.00. The Morgan fingerprint density at radius 2 is 2.44 bits per heavy atom. The summed E-state index contributed by atoms with van der Waals surface area (Å²) >= 11 is 0. The monoisotopic (exact) mass is 120 g/mol. The van der Waals surface area contributed by atoms with Gasteiger partial charge in [-0.25, -0.2) is 5.92 Å². The van der Waals surface area contributed by atoms with Crippen LogP contribution >= 0.6 is 0 Å². The number of imidazole rings is 1. The smallest absolute Gasteiger partial charge is 0.181 e. The van der Waals surface area contributed by atoms with E-state index in [1.807, 2.05) is 35.6 Å². The van der Waals surface area contributed by atoms with Crippen molar-refractivity contribution in [2.45, 2.75) is 0 Å². The molecule has 1 heterocycles. The molecular formula is C7H8N2. The van der Waals surface area contributed by atoms with Gasteiger partial charge in [-0.3, -0.25) is 0 Å². The third-order valence-electron chi connectivity index (χ3n) is 1.29. The van der Waals surface area contributed by atoms with Crippen molar-refractivity contribution >= 4 is 0 Å². The van der Waals surface area contributed by atoms with Crippen molar-refractivity contribution in [3.63, 3.8) is 0 Å². The molecule has 0 aliphatic rings. The summed E-state index contributed by atoms with van der Waals surface area (Å²) in [6, 6.07) is 0. The summed E-state index contributed by atoms with van der Waals surface area (Å²) in [6.07, 6.45) is 10.6. The molecule has 0 amide bonds.